The van der Waals surface area contributed by atoms with Gasteiger partial charge in [0.05, 0.1) is 5.69 Å². The maximum absolute atomic E-state index is 13.4. The number of nitrogens with zero attached hydrogens (tertiary/aromatic N) is 4. The van der Waals surface area contributed by atoms with E-state index in [1.165, 1.54) is 15.7 Å². The first-order chi connectivity index (χ1) is 17.8. The Balaban J connectivity index is 1.19. The number of anilines is 1. The molecular weight excluding hydrogens is 490 g/mol. The van der Waals surface area contributed by atoms with Crippen LogP contribution in [0, 0.1) is 5.41 Å². The third-order valence-corrected chi connectivity index (χ3v) is 9.38. The van der Waals surface area contributed by atoms with Gasteiger partial charge in [-0.1, -0.05) is 35.9 Å². The SMILES string of the molecule is Cn1ccc(C2(c3[nH]nc4nc(N5CCC6(CC5)Cc5ccccc5[C@H]6N)[nH]c(=O)c34)CC2)c(Cl)c1=O. The first-order valence-corrected chi connectivity index (χ1v) is 13.1. The molecule has 3 aliphatic rings. The van der Waals surface area contributed by atoms with E-state index >= 15 is 0 Å². The van der Waals surface area contributed by atoms with Crippen molar-refractivity contribution in [2.45, 2.75) is 43.6 Å². The number of rotatable bonds is 3. The van der Waals surface area contributed by atoms with Crippen LogP contribution in [-0.2, 0) is 18.9 Å². The van der Waals surface area contributed by atoms with E-state index in [1.807, 2.05) is 6.07 Å². The highest BCUT2D eigenvalue weighted by Crippen LogP contribution is 2.55. The molecule has 1 saturated carbocycles. The molecule has 4 aromatic rings. The van der Waals surface area contributed by atoms with Gasteiger partial charge < -0.3 is 15.2 Å². The molecule has 0 amide bonds. The molecule has 0 bridgehead atoms. The Bertz CT molecular complexity index is 1670. The summed E-state index contributed by atoms with van der Waals surface area (Å²) in [4.78, 5) is 35.7. The van der Waals surface area contributed by atoms with E-state index in [0.29, 0.717) is 22.7 Å². The van der Waals surface area contributed by atoms with Gasteiger partial charge in [-0.25, -0.2) is 0 Å². The minimum absolute atomic E-state index is 0.0330. The van der Waals surface area contributed by atoms with Crippen LogP contribution in [0.15, 0.2) is 46.1 Å². The van der Waals surface area contributed by atoms with Crippen molar-refractivity contribution >= 4 is 28.6 Å². The minimum atomic E-state index is -0.527. The Hall–Kier alpha value is -3.43. The monoisotopic (exact) mass is 517 g/mol. The Morgan fingerprint density at radius 1 is 1.11 bits per heavy atom. The molecule has 190 valence electrons. The van der Waals surface area contributed by atoms with Gasteiger partial charge >= 0.3 is 0 Å². The van der Waals surface area contributed by atoms with Crippen LogP contribution in [0.25, 0.3) is 11.0 Å². The van der Waals surface area contributed by atoms with Gasteiger partial charge in [-0.05, 0) is 60.3 Å². The second-order valence-electron chi connectivity index (χ2n) is 10.9. The lowest BCUT2D eigenvalue weighted by atomic mass is 9.73. The van der Waals surface area contributed by atoms with Crippen molar-refractivity contribution in [1.29, 1.82) is 0 Å². The second kappa shape index (κ2) is 7.79. The van der Waals surface area contributed by atoms with Crippen LogP contribution in [0.3, 0.4) is 0 Å². The van der Waals surface area contributed by atoms with Crippen molar-refractivity contribution in [2.75, 3.05) is 18.0 Å². The van der Waals surface area contributed by atoms with Crippen LogP contribution < -0.4 is 21.8 Å². The molecule has 0 unspecified atom stereocenters. The van der Waals surface area contributed by atoms with Crippen molar-refractivity contribution in [3.8, 4) is 0 Å². The van der Waals surface area contributed by atoms with Gasteiger partial charge in [0.1, 0.15) is 10.4 Å². The molecule has 0 radical (unpaired) electrons. The molecule has 1 saturated heterocycles. The lowest BCUT2D eigenvalue weighted by Crippen LogP contribution is -2.45. The number of benzene rings is 1. The highest BCUT2D eigenvalue weighted by Gasteiger charge is 2.51. The topological polar surface area (TPSA) is 126 Å². The zero-order chi connectivity index (χ0) is 25.5. The molecule has 2 fully saturated rings. The fourth-order valence-electron chi connectivity index (χ4n) is 6.63. The standard InChI is InChI=1S/C27H28ClN7O2/c1-34-11-6-17(19(28)24(34)37)27(7-8-27)21-18-22(33-32-21)30-25(31-23(18)36)35-12-9-26(10-13-35)14-15-4-2-3-5-16(15)20(26)29/h2-6,11,20H,7-10,12-14,29H2,1H3,(H2,30,31,32,33,36)/t20-/m1/s1. The summed E-state index contributed by atoms with van der Waals surface area (Å²) in [7, 11) is 1.67. The maximum Gasteiger partial charge on any atom is 0.269 e. The number of aromatic nitrogens is 5. The molecule has 9 nitrogen and oxygen atoms in total. The third-order valence-electron chi connectivity index (χ3n) is 9.02. The van der Waals surface area contributed by atoms with Crippen LogP contribution in [0.2, 0.25) is 5.02 Å². The van der Waals surface area contributed by atoms with Crippen molar-refractivity contribution in [3.63, 3.8) is 0 Å². The van der Waals surface area contributed by atoms with Gasteiger partial charge in [0.15, 0.2) is 5.65 Å². The number of halogens is 1. The van der Waals surface area contributed by atoms with Crippen LogP contribution in [0.1, 0.15) is 54.1 Å². The van der Waals surface area contributed by atoms with Gasteiger partial charge in [0.25, 0.3) is 11.1 Å². The lowest BCUT2D eigenvalue weighted by Gasteiger charge is -2.42. The maximum atomic E-state index is 13.4. The van der Waals surface area contributed by atoms with Crippen LogP contribution >= 0.6 is 11.6 Å². The second-order valence-corrected chi connectivity index (χ2v) is 11.3. The molecule has 4 N–H and O–H groups in total. The Morgan fingerprint density at radius 2 is 1.86 bits per heavy atom. The van der Waals surface area contributed by atoms with E-state index < -0.39 is 5.41 Å². The van der Waals surface area contributed by atoms with E-state index in [0.717, 1.165) is 50.8 Å². The number of pyridine rings is 1. The number of aryl methyl sites for hydroxylation is 1. The summed E-state index contributed by atoms with van der Waals surface area (Å²) in [5.41, 5.74) is 10.2. The summed E-state index contributed by atoms with van der Waals surface area (Å²) in [5, 5.41) is 8.10. The van der Waals surface area contributed by atoms with E-state index in [2.05, 4.69) is 44.3 Å². The molecule has 1 aromatic carbocycles. The number of fused-ring (bicyclic) bond motifs is 2. The van der Waals surface area contributed by atoms with Crippen LogP contribution in [0.5, 0.6) is 0 Å². The van der Waals surface area contributed by atoms with Gasteiger partial charge in [-0.3, -0.25) is 19.7 Å². The molecule has 1 spiro atoms. The van der Waals surface area contributed by atoms with Crippen molar-refractivity contribution in [2.24, 2.45) is 18.2 Å². The average Bonchev–Trinajstić information content (AvgIpc) is 3.50. The Kier molecular flexibility index (Phi) is 4.79. The molecule has 4 heterocycles. The Morgan fingerprint density at radius 3 is 2.59 bits per heavy atom. The fourth-order valence-corrected chi connectivity index (χ4v) is 7.01. The molecule has 37 heavy (non-hydrogen) atoms. The highest BCUT2D eigenvalue weighted by atomic mass is 35.5. The van der Waals surface area contributed by atoms with Crippen LogP contribution in [-0.4, -0.2) is 37.8 Å². The molecule has 7 rings (SSSR count). The number of aromatic amines is 2. The number of nitrogens with one attached hydrogen (secondary N) is 2. The summed E-state index contributed by atoms with van der Waals surface area (Å²) >= 11 is 6.46. The lowest BCUT2D eigenvalue weighted by molar-refractivity contribution is 0.187. The summed E-state index contributed by atoms with van der Waals surface area (Å²) in [6.45, 7) is 1.53. The first-order valence-electron chi connectivity index (χ1n) is 12.8. The molecular formula is C27H28ClN7O2. The summed E-state index contributed by atoms with van der Waals surface area (Å²) in [5.74, 6) is 0.533. The predicted octanol–water partition coefficient (Wildman–Crippen LogP) is 2.92. The molecule has 3 aromatic heterocycles. The summed E-state index contributed by atoms with van der Waals surface area (Å²) in [6.07, 6.45) is 6.12. The van der Waals surface area contributed by atoms with Gasteiger partial charge in [0, 0.05) is 37.8 Å². The number of nitrogens with two attached hydrogens (primary N) is 1. The van der Waals surface area contributed by atoms with Crippen molar-refractivity contribution < 1.29 is 0 Å². The highest BCUT2D eigenvalue weighted by molar-refractivity contribution is 6.31. The predicted molar refractivity (Wildman–Crippen MR) is 142 cm³/mol. The number of hydrogen-bond acceptors (Lipinski definition) is 6. The van der Waals surface area contributed by atoms with Crippen LogP contribution in [0.4, 0.5) is 5.95 Å². The van der Waals surface area contributed by atoms with E-state index in [4.69, 9.17) is 22.3 Å². The molecule has 1 atom stereocenters. The largest absolute Gasteiger partial charge is 0.342 e. The first kappa shape index (κ1) is 22.7. The normalized spacial score (nSPS) is 21.5. The molecule has 2 aliphatic carbocycles. The molecule has 1 aliphatic heterocycles. The summed E-state index contributed by atoms with van der Waals surface area (Å²) in [6, 6.07) is 10.4. The van der Waals surface area contributed by atoms with Gasteiger partial charge in [-0.15, -0.1) is 0 Å². The minimum Gasteiger partial charge on any atom is -0.342 e. The quantitative estimate of drug-likeness (QED) is 0.383. The average molecular weight is 518 g/mol. The van der Waals surface area contributed by atoms with Gasteiger partial charge in [0.2, 0.25) is 5.95 Å². The van der Waals surface area contributed by atoms with Gasteiger partial charge in [-0.2, -0.15) is 10.1 Å². The van der Waals surface area contributed by atoms with Crippen molar-refractivity contribution in [3.05, 3.63) is 84.6 Å². The van der Waals surface area contributed by atoms with E-state index in [9.17, 15) is 9.59 Å². The zero-order valence-corrected chi connectivity index (χ0v) is 21.3. The van der Waals surface area contributed by atoms with E-state index in [1.54, 1.807) is 13.2 Å². The van der Waals surface area contributed by atoms with E-state index in [-0.39, 0.29) is 27.6 Å². The zero-order valence-electron chi connectivity index (χ0n) is 20.6. The number of hydrogen-bond donors (Lipinski definition) is 3. The number of piperidine rings is 1. The fraction of sp³-hybridized carbons (Fsp3) is 0.407. The summed E-state index contributed by atoms with van der Waals surface area (Å²) < 4.78 is 1.45. The third kappa shape index (κ3) is 3.20. The smallest absolute Gasteiger partial charge is 0.269 e. The molecule has 10 heteroatoms. The van der Waals surface area contributed by atoms with Crippen molar-refractivity contribution in [1.82, 2.24) is 24.7 Å². The number of H-pyrrole nitrogens is 2. The Labute approximate surface area is 217 Å².